The molecule has 4 heteroatoms. The fourth-order valence-electron chi connectivity index (χ4n) is 3.53. The van der Waals surface area contributed by atoms with Gasteiger partial charge in [0.05, 0.1) is 12.6 Å². The molecule has 3 atom stereocenters. The number of aliphatic hydroxyl groups is 1. The summed E-state index contributed by atoms with van der Waals surface area (Å²) in [5.74, 6) is 0.904. The molecular weight excluding hydrogens is 240 g/mol. The zero-order valence-electron chi connectivity index (χ0n) is 12.1. The minimum atomic E-state index is -0.00324. The smallest absolute Gasteiger partial charge is 0.239 e. The first-order chi connectivity index (χ1) is 9.26. The maximum atomic E-state index is 12.5. The van der Waals surface area contributed by atoms with Crippen LogP contribution >= 0.6 is 0 Å². The molecule has 1 aliphatic heterocycles. The monoisotopic (exact) mass is 268 g/mol. The Balaban J connectivity index is 1.90. The highest BCUT2D eigenvalue weighted by Crippen LogP contribution is 2.33. The standard InChI is InChI=1S/C15H28N2O2/c1-2-3-8-17(9-10-18)15(19)14-11-12-6-4-5-7-13(12)16-14/h12-14,16,18H,2-11H2,1H3. The minimum absolute atomic E-state index is 0.00324. The van der Waals surface area contributed by atoms with Gasteiger partial charge in [0.1, 0.15) is 0 Å². The number of rotatable bonds is 6. The van der Waals surface area contributed by atoms with Crippen LogP contribution in [0.25, 0.3) is 0 Å². The van der Waals surface area contributed by atoms with Crippen LogP contribution in [0.1, 0.15) is 51.9 Å². The van der Waals surface area contributed by atoms with E-state index >= 15 is 0 Å². The second kappa shape index (κ2) is 7.25. The van der Waals surface area contributed by atoms with Crippen LogP contribution in [-0.2, 0) is 4.79 Å². The van der Waals surface area contributed by atoms with Gasteiger partial charge in [-0.05, 0) is 31.6 Å². The van der Waals surface area contributed by atoms with E-state index in [1.165, 1.54) is 25.7 Å². The molecule has 0 spiro atoms. The van der Waals surface area contributed by atoms with E-state index in [4.69, 9.17) is 5.11 Å². The lowest BCUT2D eigenvalue weighted by molar-refractivity contribution is -0.133. The summed E-state index contributed by atoms with van der Waals surface area (Å²) in [6, 6.07) is 0.557. The minimum Gasteiger partial charge on any atom is -0.395 e. The Morgan fingerprint density at radius 2 is 2.11 bits per heavy atom. The first-order valence-electron chi connectivity index (χ1n) is 7.92. The molecule has 2 aliphatic rings. The van der Waals surface area contributed by atoms with Crippen molar-refractivity contribution in [3.05, 3.63) is 0 Å². The summed E-state index contributed by atoms with van der Waals surface area (Å²) in [6.07, 6.45) is 8.21. The Bertz CT molecular complexity index is 282. The summed E-state index contributed by atoms with van der Waals surface area (Å²) in [5.41, 5.74) is 0. The van der Waals surface area contributed by atoms with Gasteiger partial charge in [0, 0.05) is 19.1 Å². The van der Waals surface area contributed by atoms with E-state index in [2.05, 4.69) is 12.2 Å². The summed E-state index contributed by atoms with van der Waals surface area (Å²) in [5, 5.41) is 12.7. The second-order valence-corrected chi connectivity index (χ2v) is 6.01. The highest BCUT2D eigenvalue weighted by atomic mass is 16.3. The number of carbonyl (C=O) groups is 1. The van der Waals surface area contributed by atoms with Gasteiger partial charge in [0.2, 0.25) is 5.91 Å². The van der Waals surface area contributed by atoms with Crippen molar-refractivity contribution in [2.45, 2.75) is 64.0 Å². The molecule has 1 amide bonds. The van der Waals surface area contributed by atoms with Crippen LogP contribution in [-0.4, -0.2) is 47.7 Å². The lowest BCUT2D eigenvalue weighted by Gasteiger charge is -2.25. The number of hydrogen-bond donors (Lipinski definition) is 2. The van der Waals surface area contributed by atoms with Crippen LogP contribution in [0.15, 0.2) is 0 Å². The number of aliphatic hydroxyl groups excluding tert-OH is 1. The van der Waals surface area contributed by atoms with Gasteiger partial charge in [0.25, 0.3) is 0 Å². The van der Waals surface area contributed by atoms with E-state index in [-0.39, 0.29) is 18.6 Å². The molecule has 4 nitrogen and oxygen atoms in total. The predicted octanol–water partition coefficient (Wildman–Crippen LogP) is 1.53. The fourth-order valence-corrected chi connectivity index (χ4v) is 3.53. The third kappa shape index (κ3) is 3.69. The van der Waals surface area contributed by atoms with Gasteiger partial charge in [-0.15, -0.1) is 0 Å². The third-order valence-electron chi connectivity index (χ3n) is 4.62. The molecule has 0 radical (unpaired) electrons. The molecule has 2 fully saturated rings. The quantitative estimate of drug-likeness (QED) is 0.768. The summed E-state index contributed by atoms with van der Waals surface area (Å²) >= 11 is 0. The van der Waals surface area contributed by atoms with Crippen LogP contribution in [0.3, 0.4) is 0 Å². The number of unbranched alkanes of at least 4 members (excludes halogenated alkanes) is 1. The summed E-state index contributed by atoms with van der Waals surface area (Å²) in [4.78, 5) is 14.4. The van der Waals surface area contributed by atoms with Gasteiger partial charge in [-0.2, -0.15) is 0 Å². The average molecular weight is 268 g/mol. The van der Waals surface area contributed by atoms with E-state index < -0.39 is 0 Å². The summed E-state index contributed by atoms with van der Waals surface area (Å²) in [6.45, 7) is 3.45. The Morgan fingerprint density at radius 3 is 2.79 bits per heavy atom. The van der Waals surface area contributed by atoms with Crippen molar-refractivity contribution in [2.24, 2.45) is 5.92 Å². The molecule has 0 bridgehead atoms. The van der Waals surface area contributed by atoms with E-state index in [0.29, 0.717) is 18.5 Å². The lowest BCUT2D eigenvalue weighted by atomic mass is 9.85. The van der Waals surface area contributed by atoms with Crippen molar-refractivity contribution in [2.75, 3.05) is 19.7 Å². The molecule has 19 heavy (non-hydrogen) atoms. The average Bonchev–Trinajstić information content (AvgIpc) is 2.86. The molecular formula is C15H28N2O2. The van der Waals surface area contributed by atoms with Crippen molar-refractivity contribution < 1.29 is 9.90 Å². The summed E-state index contributed by atoms with van der Waals surface area (Å²) in [7, 11) is 0. The SMILES string of the molecule is CCCCN(CCO)C(=O)C1CC2CCCCC2N1. The molecule has 1 aliphatic carbocycles. The Labute approximate surface area is 116 Å². The number of hydrogen-bond acceptors (Lipinski definition) is 3. The van der Waals surface area contributed by atoms with Crippen molar-refractivity contribution in [1.82, 2.24) is 10.2 Å². The topological polar surface area (TPSA) is 52.6 Å². The van der Waals surface area contributed by atoms with Crippen molar-refractivity contribution in [3.63, 3.8) is 0 Å². The number of fused-ring (bicyclic) bond motifs is 1. The highest BCUT2D eigenvalue weighted by Gasteiger charge is 2.39. The highest BCUT2D eigenvalue weighted by molar-refractivity contribution is 5.82. The molecule has 2 rings (SSSR count). The second-order valence-electron chi connectivity index (χ2n) is 6.01. The van der Waals surface area contributed by atoms with Gasteiger partial charge in [-0.3, -0.25) is 4.79 Å². The Morgan fingerprint density at radius 1 is 1.32 bits per heavy atom. The molecule has 0 aromatic carbocycles. The fraction of sp³-hybridized carbons (Fsp3) is 0.933. The predicted molar refractivity (Wildman–Crippen MR) is 75.9 cm³/mol. The van der Waals surface area contributed by atoms with Gasteiger partial charge >= 0.3 is 0 Å². The van der Waals surface area contributed by atoms with Crippen molar-refractivity contribution in [1.29, 1.82) is 0 Å². The maximum Gasteiger partial charge on any atom is 0.239 e. The molecule has 3 unspecified atom stereocenters. The van der Waals surface area contributed by atoms with E-state index in [0.717, 1.165) is 25.8 Å². The van der Waals surface area contributed by atoms with Crippen molar-refractivity contribution in [3.8, 4) is 0 Å². The molecule has 1 heterocycles. The first-order valence-corrected chi connectivity index (χ1v) is 7.92. The third-order valence-corrected chi connectivity index (χ3v) is 4.62. The van der Waals surface area contributed by atoms with Crippen LogP contribution in [0.5, 0.6) is 0 Å². The van der Waals surface area contributed by atoms with E-state index in [9.17, 15) is 4.79 Å². The van der Waals surface area contributed by atoms with Gasteiger partial charge in [0.15, 0.2) is 0 Å². The lowest BCUT2D eigenvalue weighted by Crippen LogP contribution is -2.46. The van der Waals surface area contributed by atoms with E-state index in [1.54, 1.807) is 0 Å². The first kappa shape index (κ1) is 14.8. The number of nitrogens with zero attached hydrogens (tertiary/aromatic N) is 1. The largest absolute Gasteiger partial charge is 0.395 e. The molecule has 2 N–H and O–H groups in total. The number of nitrogens with one attached hydrogen (secondary N) is 1. The zero-order chi connectivity index (χ0) is 13.7. The molecule has 1 saturated heterocycles. The Kier molecular flexibility index (Phi) is 5.64. The normalized spacial score (nSPS) is 30.1. The Hall–Kier alpha value is -0.610. The van der Waals surface area contributed by atoms with Gasteiger partial charge < -0.3 is 15.3 Å². The van der Waals surface area contributed by atoms with Crippen LogP contribution in [0.4, 0.5) is 0 Å². The van der Waals surface area contributed by atoms with Gasteiger partial charge in [-0.1, -0.05) is 26.2 Å². The van der Waals surface area contributed by atoms with Crippen molar-refractivity contribution >= 4 is 5.91 Å². The molecule has 0 aromatic rings. The zero-order valence-corrected chi connectivity index (χ0v) is 12.1. The molecule has 1 saturated carbocycles. The van der Waals surface area contributed by atoms with Crippen LogP contribution < -0.4 is 5.32 Å². The number of carbonyl (C=O) groups excluding carboxylic acids is 1. The van der Waals surface area contributed by atoms with Gasteiger partial charge in [-0.25, -0.2) is 0 Å². The number of amides is 1. The molecule has 110 valence electrons. The molecule has 0 aromatic heterocycles. The van der Waals surface area contributed by atoms with Crippen LogP contribution in [0.2, 0.25) is 0 Å². The van der Waals surface area contributed by atoms with E-state index in [1.807, 2.05) is 4.90 Å². The van der Waals surface area contributed by atoms with Crippen LogP contribution in [0, 0.1) is 5.92 Å². The maximum absolute atomic E-state index is 12.5. The summed E-state index contributed by atoms with van der Waals surface area (Å²) < 4.78 is 0.